The molecule has 0 saturated carbocycles. The minimum absolute atomic E-state index is 0.000305. The summed E-state index contributed by atoms with van der Waals surface area (Å²) in [6.07, 6.45) is 1.65. The van der Waals surface area contributed by atoms with E-state index in [0.717, 1.165) is 32.7 Å². The molecule has 0 aromatic carbocycles. The average Bonchev–Trinajstić information content (AvgIpc) is 2.29. The van der Waals surface area contributed by atoms with E-state index in [9.17, 15) is 4.79 Å². The van der Waals surface area contributed by atoms with Crippen LogP contribution in [0.1, 0.15) is 40.5 Å². The summed E-state index contributed by atoms with van der Waals surface area (Å²) in [6.45, 7) is 13.3. The van der Waals surface area contributed by atoms with Gasteiger partial charge in [-0.3, -0.25) is 9.69 Å². The van der Waals surface area contributed by atoms with Crippen LogP contribution in [0, 0.1) is 5.41 Å². The van der Waals surface area contributed by atoms with Crippen LogP contribution >= 0.6 is 0 Å². The Kier molecular flexibility index (Phi) is 5.60. The SMILES string of the molecule is CCCN1CCN(C(=O)CC(N)C(C)(C)C)CC1. The van der Waals surface area contributed by atoms with Crippen LogP contribution in [-0.2, 0) is 4.79 Å². The number of rotatable bonds is 4. The zero-order valence-corrected chi connectivity index (χ0v) is 12.4. The number of amides is 1. The first-order chi connectivity index (χ1) is 8.34. The lowest BCUT2D eigenvalue weighted by Crippen LogP contribution is -2.50. The Morgan fingerprint density at radius 3 is 2.22 bits per heavy atom. The van der Waals surface area contributed by atoms with Gasteiger partial charge in [-0.15, -0.1) is 0 Å². The number of hydrogen-bond donors (Lipinski definition) is 1. The maximum Gasteiger partial charge on any atom is 0.224 e. The Labute approximate surface area is 111 Å². The third-order valence-corrected chi connectivity index (χ3v) is 3.77. The van der Waals surface area contributed by atoms with Gasteiger partial charge in [0.15, 0.2) is 0 Å². The quantitative estimate of drug-likeness (QED) is 0.824. The van der Waals surface area contributed by atoms with Gasteiger partial charge in [0, 0.05) is 38.6 Å². The fourth-order valence-corrected chi connectivity index (χ4v) is 2.16. The molecule has 1 rings (SSSR count). The van der Waals surface area contributed by atoms with Crippen LogP contribution in [0.4, 0.5) is 0 Å². The van der Waals surface area contributed by atoms with E-state index in [1.165, 1.54) is 6.42 Å². The van der Waals surface area contributed by atoms with Crippen molar-refractivity contribution in [2.45, 2.75) is 46.6 Å². The van der Waals surface area contributed by atoms with Crippen LogP contribution < -0.4 is 5.73 Å². The molecule has 18 heavy (non-hydrogen) atoms. The van der Waals surface area contributed by atoms with E-state index < -0.39 is 0 Å². The van der Waals surface area contributed by atoms with Crippen molar-refractivity contribution in [3.8, 4) is 0 Å². The Bertz CT molecular complexity index is 265. The Morgan fingerprint density at radius 1 is 1.22 bits per heavy atom. The van der Waals surface area contributed by atoms with Gasteiger partial charge in [0.1, 0.15) is 0 Å². The lowest BCUT2D eigenvalue weighted by atomic mass is 9.85. The molecule has 1 amide bonds. The molecule has 1 heterocycles. The van der Waals surface area contributed by atoms with Gasteiger partial charge in [-0.2, -0.15) is 0 Å². The summed E-state index contributed by atoms with van der Waals surface area (Å²) in [6, 6.07) is -0.0568. The molecule has 0 bridgehead atoms. The standard InChI is InChI=1S/C14H29N3O/c1-5-6-16-7-9-17(10-8-16)13(18)11-12(15)14(2,3)4/h12H,5-11,15H2,1-4H3. The van der Waals surface area contributed by atoms with E-state index in [2.05, 4.69) is 32.6 Å². The van der Waals surface area contributed by atoms with Crippen LogP contribution in [0.25, 0.3) is 0 Å². The van der Waals surface area contributed by atoms with Crippen molar-refractivity contribution in [2.24, 2.45) is 11.1 Å². The van der Waals surface area contributed by atoms with E-state index in [1.54, 1.807) is 0 Å². The van der Waals surface area contributed by atoms with E-state index in [1.807, 2.05) is 4.90 Å². The molecule has 2 N–H and O–H groups in total. The molecule has 106 valence electrons. The summed E-state index contributed by atoms with van der Waals surface area (Å²) in [4.78, 5) is 16.5. The first-order valence-electron chi connectivity index (χ1n) is 7.10. The second-order valence-electron chi connectivity index (χ2n) is 6.40. The van der Waals surface area contributed by atoms with Gasteiger partial charge in [0.05, 0.1) is 0 Å². The van der Waals surface area contributed by atoms with Gasteiger partial charge in [-0.05, 0) is 18.4 Å². The number of nitrogens with zero attached hydrogens (tertiary/aromatic N) is 2. The normalized spacial score (nSPS) is 19.9. The molecular formula is C14H29N3O. The molecule has 1 fully saturated rings. The van der Waals surface area contributed by atoms with Crippen molar-refractivity contribution < 1.29 is 4.79 Å². The molecular weight excluding hydrogens is 226 g/mol. The van der Waals surface area contributed by atoms with Gasteiger partial charge in [-0.1, -0.05) is 27.7 Å². The summed E-state index contributed by atoms with van der Waals surface area (Å²) in [5.41, 5.74) is 6.08. The average molecular weight is 255 g/mol. The van der Waals surface area contributed by atoms with Gasteiger partial charge in [0.25, 0.3) is 0 Å². The third kappa shape index (κ3) is 4.58. The van der Waals surface area contributed by atoms with Crippen molar-refractivity contribution in [2.75, 3.05) is 32.7 Å². The van der Waals surface area contributed by atoms with E-state index in [-0.39, 0.29) is 17.4 Å². The highest BCUT2D eigenvalue weighted by Crippen LogP contribution is 2.20. The number of carbonyl (C=O) groups is 1. The number of carbonyl (C=O) groups excluding carboxylic acids is 1. The van der Waals surface area contributed by atoms with Gasteiger partial charge >= 0.3 is 0 Å². The molecule has 0 aliphatic carbocycles. The highest BCUT2D eigenvalue weighted by molar-refractivity contribution is 5.77. The first-order valence-corrected chi connectivity index (χ1v) is 7.10. The molecule has 1 aliphatic rings. The van der Waals surface area contributed by atoms with Crippen molar-refractivity contribution in [1.82, 2.24) is 9.80 Å². The summed E-state index contributed by atoms with van der Waals surface area (Å²) < 4.78 is 0. The second-order valence-corrected chi connectivity index (χ2v) is 6.40. The minimum Gasteiger partial charge on any atom is -0.340 e. The maximum absolute atomic E-state index is 12.1. The van der Waals surface area contributed by atoms with Gasteiger partial charge in [0.2, 0.25) is 5.91 Å². The van der Waals surface area contributed by atoms with E-state index in [4.69, 9.17) is 5.73 Å². The first kappa shape index (κ1) is 15.4. The topological polar surface area (TPSA) is 49.6 Å². The zero-order valence-electron chi connectivity index (χ0n) is 12.4. The summed E-state index contributed by atoms with van der Waals surface area (Å²) in [5, 5.41) is 0. The fraction of sp³-hybridized carbons (Fsp3) is 0.929. The third-order valence-electron chi connectivity index (χ3n) is 3.77. The lowest BCUT2D eigenvalue weighted by Gasteiger charge is -2.36. The zero-order chi connectivity index (χ0) is 13.8. The van der Waals surface area contributed by atoms with Crippen molar-refractivity contribution in [1.29, 1.82) is 0 Å². The second kappa shape index (κ2) is 6.53. The highest BCUT2D eigenvalue weighted by atomic mass is 16.2. The Hall–Kier alpha value is -0.610. The monoisotopic (exact) mass is 255 g/mol. The smallest absolute Gasteiger partial charge is 0.224 e. The fourth-order valence-electron chi connectivity index (χ4n) is 2.16. The molecule has 0 aromatic rings. The molecule has 0 spiro atoms. The van der Waals surface area contributed by atoms with Crippen molar-refractivity contribution in [3.05, 3.63) is 0 Å². The predicted molar refractivity (Wildman–Crippen MR) is 75.4 cm³/mol. The predicted octanol–water partition coefficient (Wildman–Crippen LogP) is 1.30. The molecule has 1 aliphatic heterocycles. The molecule has 1 saturated heterocycles. The lowest BCUT2D eigenvalue weighted by molar-refractivity contribution is -0.133. The van der Waals surface area contributed by atoms with Crippen molar-refractivity contribution >= 4 is 5.91 Å². The molecule has 0 aromatic heterocycles. The van der Waals surface area contributed by atoms with Crippen LogP contribution in [0.5, 0.6) is 0 Å². The molecule has 4 nitrogen and oxygen atoms in total. The maximum atomic E-state index is 12.1. The number of nitrogens with two attached hydrogens (primary N) is 1. The van der Waals surface area contributed by atoms with Crippen LogP contribution in [0.3, 0.4) is 0 Å². The van der Waals surface area contributed by atoms with Crippen LogP contribution in [0.2, 0.25) is 0 Å². The van der Waals surface area contributed by atoms with Crippen LogP contribution in [0.15, 0.2) is 0 Å². The summed E-state index contributed by atoms with van der Waals surface area (Å²) in [7, 11) is 0. The van der Waals surface area contributed by atoms with Gasteiger partial charge in [-0.25, -0.2) is 0 Å². The largest absolute Gasteiger partial charge is 0.340 e. The Balaban J connectivity index is 2.36. The molecule has 0 radical (unpaired) electrons. The Morgan fingerprint density at radius 2 is 1.78 bits per heavy atom. The molecule has 1 atom stereocenters. The number of hydrogen-bond acceptors (Lipinski definition) is 3. The summed E-state index contributed by atoms with van der Waals surface area (Å²) in [5.74, 6) is 0.216. The summed E-state index contributed by atoms with van der Waals surface area (Å²) >= 11 is 0. The van der Waals surface area contributed by atoms with E-state index >= 15 is 0 Å². The number of piperazine rings is 1. The minimum atomic E-state index is -0.0568. The highest BCUT2D eigenvalue weighted by Gasteiger charge is 2.27. The van der Waals surface area contributed by atoms with Crippen LogP contribution in [-0.4, -0.2) is 54.5 Å². The van der Waals surface area contributed by atoms with Crippen molar-refractivity contribution in [3.63, 3.8) is 0 Å². The molecule has 1 unspecified atom stereocenters. The van der Waals surface area contributed by atoms with Gasteiger partial charge < -0.3 is 10.6 Å². The van der Waals surface area contributed by atoms with E-state index in [0.29, 0.717) is 6.42 Å². The molecule has 4 heteroatoms.